The topological polar surface area (TPSA) is 58.1 Å². The molecule has 7 heteroatoms. The van der Waals surface area contributed by atoms with Crippen LogP contribution in [-0.4, -0.2) is 45.7 Å². The van der Waals surface area contributed by atoms with Gasteiger partial charge in [0, 0.05) is 26.2 Å². The van der Waals surface area contributed by atoms with E-state index in [1.54, 1.807) is 6.20 Å². The monoisotopic (exact) mass is 260 g/mol. The first-order valence-electron chi connectivity index (χ1n) is 5.12. The standard InChI is InChI=1S/C9H12N4OS.ClH/c14-9(8-3-11-15-12-8)13-4-6-1-10-2-7(6)5-13;/h3,6-7,10H,1-2,4-5H2;1H/t6-,7+;. The van der Waals surface area contributed by atoms with Crippen LogP contribution < -0.4 is 5.32 Å². The predicted molar refractivity (Wildman–Crippen MR) is 62.9 cm³/mol. The normalized spacial score (nSPS) is 27.6. The molecule has 2 aliphatic heterocycles. The van der Waals surface area contributed by atoms with E-state index < -0.39 is 0 Å². The molecule has 88 valence electrons. The zero-order valence-electron chi connectivity index (χ0n) is 8.63. The number of hydrogen-bond acceptors (Lipinski definition) is 5. The Labute approximate surface area is 104 Å². The van der Waals surface area contributed by atoms with Crippen LogP contribution in [0.15, 0.2) is 6.20 Å². The van der Waals surface area contributed by atoms with Gasteiger partial charge in [-0.2, -0.15) is 8.75 Å². The molecule has 1 N–H and O–H groups in total. The van der Waals surface area contributed by atoms with Gasteiger partial charge in [0.15, 0.2) is 5.69 Å². The summed E-state index contributed by atoms with van der Waals surface area (Å²) in [5.41, 5.74) is 0.493. The molecule has 3 heterocycles. The second-order valence-corrected chi connectivity index (χ2v) is 4.74. The lowest BCUT2D eigenvalue weighted by atomic mass is 10.0. The third kappa shape index (κ3) is 1.92. The first kappa shape index (κ1) is 11.8. The zero-order valence-corrected chi connectivity index (χ0v) is 10.3. The quantitative estimate of drug-likeness (QED) is 0.787. The first-order valence-corrected chi connectivity index (χ1v) is 5.85. The Hall–Kier alpha value is -0.720. The summed E-state index contributed by atoms with van der Waals surface area (Å²) in [6, 6.07) is 0. The molecule has 16 heavy (non-hydrogen) atoms. The van der Waals surface area contributed by atoms with Crippen LogP contribution in [0, 0.1) is 11.8 Å². The summed E-state index contributed by atoms with van der Waals surface area (Å²) >= 11 is 1.09. The highest BCUT2D eigenvalue weighted by atomic mass is 35.5. The summed E-state index contributed by atoms with van der Waals surface area (Å²) in [7, 11) is 0. The number of aromatic nitrogens is 2. The van der Waals surface area contributed by atoms with E-state index in [0.717, 1.165) is 37.9 Å². The summed E-state index contributed by atoms with van der Waals surface area (Å²) in [6.07, 6.45) is 1.55. The van der Waals surface area contributed by atoms with Gasteiger partial charge in [-0.1, -0.05) is 0 Å². The van der Waals surface area contributed by atoms with Crippen molar-refractivity contribution < 1.29 is 4.79 Å². The number of amides is 1. The van der Waals surface area contributed by atoms with Crippen LogP contribution in [0.3, 0.4) is 0 Å². The van der Waals surface area contributed by atoms with Gasteiger partial charge in [0.05, 0.1) is 17.9 Å². The molecule has 0 unspecified atom stereocenters. The number of likely N-dealkylation sites (tertiary alicyclic amines) is 1. The highest BCUT2D eigenvalue weighted by Crippen LogP contribution is 2.27. The number of nitrogens with zero attached hydrogens (tertiary/aromatic N) is 3. The molecule has 2 atom stereocenters. The van der Waals surface area contributed by atoms with Crippen LogP contribution in [-0.2, 0) is 0 Å². The summed E-state index contributed by atoms with van der Waals surface area (Å²) in [5, 5.41) is 3.35. The molecular formula is C9H13ClN4OS. The lowest BCUT2D eigenvalue weighted by Gasteiger charge is -2.15. The Morgan fingerprint density at radius 1 is 1.44 bits per heavy atom. The van der Waals surface area contributed by atoms with Crippen LogP contribution in [0.2, 0.25) is 0 Å². The molecule has 2 saturated heterocycles. The van der Waals surface area contributed by atoms with E-state index in [2.05, 4.69) is 14.1 Å². The average Bonchev–Trinajstić information content (AvgIpc) is 2.92. The fourth-order valence-electron chi connectivity index (χ4n) is 2.44. The number of carbonyl (C=O) groups excluding carboxylic acids is 1. The maximum absolute atomic E-state index is 11.9. The first-order chi connectivity index (χ1) is 7.34. The van der Waals surface area contributed by atoms with E-state index in [1.165, 1.54) is 0 Å². The van der Waals surface area contributed by atoms with Crippen molar-refractivity contribution in [1.82, 2.24) is 19.0 Å². The lowest BCUT2D eigenvalue weighted by Crippen LogP contribution is -2.32. The predicted octanol–water partition coefficient (Wildman–Crippen LogP) is 0.251. The molecule has 2 fully saturated rings. The molecule has 3 rings (SSSR count). The number of fused-ring (bicyclic) bond motifs is 1. The average molecular weight is 261 g/mol. The van der Waals surface area contributed by atoms with Gasteiger partial charge in [-0.25, -0.2) is 0 Å². The van der Waals surface area contributed by atoms with Crippen molar-refractivity contribution in [2.24, 2.45) is 11.8 Å². The molecule has 0 radical (unpaired) electrons. The molecule has 2 aliphatic rings. The van der Waals surface area contributed by atoms with Crippen molar-refractivity contribution in [2.75, 3.05) is 26.2 Å². The van der Waals surface area contributed by atoms with Crippen LogP contribution in [0.1, 0.15) is 10.5 Å². The molecule has 0 saturated carbocycles. The molecule has 0 spiro atoms. The van der Waals surface area contributed by atoms with Gasteiger partial charge in [-0.15, -0.1) is 12.4 Å². The lowest BCUT2D eigenvalue weighted by molar-refractivity contribution is 0.0777. The van der Waals surface area contributed by atoms with E-state index in [0.29, 0.717) is 17.5 Å². The highest BCUT2D eigenvalue weighted by Gasteiger charge is 2.38. The fraction of sp³-hybridized carbons (Fsp3) is 0.667. The SMILES string of the molecule is Cl.O=C(c1cnsn1)N1C[C@H]2CNC[C@H]2C1. The number of carbonyl (C=O) groups is 1. The molecular weight excluding hydrogens is 248 g/mol. The molecule has 0 aromatic carbocycles. The Bertz CT molecular complexity index is 360. The Morgan fingerprint density at radius 2 is 2.12 bits per heavy atom. The van der Waals surface area contributed by atoms with Crippen molar-refractivity contribution in [3.05, 3.63) is 11.9 Å². The minimum absolute atomic E-state index is 0. The van der Waals surface area contributed by atoms with Crippen LogP contribution in [0.5, 0.6) is 0 Å². The van der Waals surface area contributed by atoms with Gasteiger partial charge in [-0.05, 0) is 11.8 Å². The largest absolute Gasteiger partial charge is 0.337 e. The summed E-state index contributed by atoms with van der Waals surface area (Å²) < 4.78 is 7.84. The fourth-order valence-corrected chi connectivity index (χ4v) is 2.85. The van der Waals surface area contributed by atoms with E-state index in [-0.39, 0.29) is 18.3 Å². The van der Waals surface area contributed by atoms with E-state index in [1.807, 2.05) is 4.90 Å². The third-order valence-corrected chi connectivity index (χ3v) is 3.74. The second-order valence-electron chi connectivity index (χ2n) is 4.18. The number of hydrogen-bond donors (Lipinski definition) is 1. The maximum Gasteiger partial charge on any atom is 0.275 e. The summed E-state index contributed by atoms with van der Waals surface area (Å²) in [4.78, 5) is 13.9. The number of halogens is 1. The van der Waals surface area contributed by atoms with Crippen molar-refractivity contribution in [3.8, 4) is 0 Å². The second kappa shape index (κ2) is 4.65. The zero-order chi connectivity index (χ0) is 10.3. The van der Waals surface area contributed by atoms with Gasteiger partial charge in [-0.3, -0.25) is 4.79 Å². The van der Waals surface area contributed by atoms with Crippen LogP contribution in [0.4, 0.5) is 0 Å². The Morgan fingerprint density at radius 3 is 2.69 bits per heavy atom. The van der Waals surface area contributed by atoms with E-state index >= 15 is 0 Å². The number of nitrogens with one attached hydrogen (secondary N) is 1. The van der Waals surface area contributed by atoms with Crippen molar-refractivity contribution in [2.45, 2.75) is 0 Å². The van der Waals surface area contributed by atoms with Crippen LogP contribution >= 0.6 is 24.1 Å². The molecule has 0 bridgehead atoms. The smallest absolute Gasteiger partial charge is 0.275 e. The molecule has 1 aromatic heterocycles. The summed E-state index contributed by atoms with van der Waals surface area (Å²) in [6.45, 7) is 3.83. The Kier molecular flexibility index (Phi) is 3.41. The van der Waals surface area contributed by atoms with Crippen LogP contribution in [0.25, 0.3) is 0 Å². The van der Waals surface area contributed by atoms with E-state index in [4.69, 9.17) is 0 Å². The van der Waals surface area contributed by atoms with Crippen molar-refractivity contribution >= 4 is 30.0 Å². The third-order valence-electron chi connectivity index (χ3n) is 3.26. The van der Waals surface area contributed by atoms with Gasteiger partial charge in [0.1, 0.15) is 0 Å². The van der Waals surface area contributed by atoms with Gasteiger partial charge in [0.25, 0.3) is 5.91 Å². The Balaban J connectivity index is 0.000000963. The molecule has 1 aromatic rings. The van der Waals surface area contributed by atoms with E-state index in [9.17, 15) is 4.79 Å². The minimum atomic E-state index is 0. The maximum atomic E-state index is 11.9. The number of rotatable bonds is 1. The van der Waals surface area contributed by atoms with Crippen molar-refractivity contribution in [3.63, 3.8) is 0 Å². The van der Waals surface area contributed by atoms with Gasteiger partial charge >= 0.3 is 0 Å². The molecule has 1 amide bonds. The minimum Gasteiger partial charge on any atom is -0.337 e. The molecule has 0 aliphatic carbocycles. The van der Waals surface area contributed by atoms with Gasteiger partial charge < -0.3 is 10.2 Å². The molecule has 5 nitrogen and oxygen atoms in total. The summed E-state index contributed by atoms with van der Waals surface area (Å²) in [5.74, 6) is 1.32. The van der Waals surface area contributed by atoms with Crippen molar-refractivity contribution in [1.29, 1.82) is 0 Å². The van der Waals surface area contributed by atoms with Gasteiger partial charge in [0.2, 0.25) is 0 Å². The highest BCUT2D eigenvalue weighted by molar-refractivity contribution is 6.99.